The predicted octanol–water partition coefficient (Wildman–Crippen LogP) is 1.49. The number of hydrogen-bond donors (Lipinski definition) is 1. The van der Waals surface area contributed by atoms with Gasteiger partial charge >= 0.3 is 0 Å². The third-order valence-electron chi connectivity index (χ3n) is 4.33. The van der Waals surface area contributed by atoms with E-state index in [4.69, 9.17) is 4.74 Å². The number of nitrogens with zero attached hydrogens (tertiary/aromatic N) is 1. The Kier molecular flexibility index (Phi) is 5.97. The summed E-state index contributed by atoms with van der Waals surface area (Å²) >= 11 is 0. The van der Waals surface area contributed by atoms with Gasteiger partial charge in [-0.2, -0.15) is 4.31 Å². The number of benzene rings is 2. The topological polar surface area (TPSA) is 92.8 Å². The summed E-state index contributed by atoms with van der Waals surface area (Å²) < 4.78 is 59.1. The summed E-state index contributed by atoms with van der Waals surface area (Å²) in [6.07, 6.45) is 0. The molecule has 9 heteroatoms. The van der Waals surface area contributed by atoms with Crippen molar-refractivity contribution >= 4 is 20.0 Å². The largest absolute Gasteiger partial charge is 0.379 e. The van der Waals surface area contributed by atoms with Crippen LogP contribution in [0, 0.1) is 6.92 Å². The number of morpholine rings is 1. The van der Waals surface area contributed by atoms with Gasteiger partial charge in [0.15, 0.2) is 0 Å². The van der Waals surface area contributed by atoms with Crippen molar-refractivity contribution in [2.75, 3.05) is 26.3 Å². The minimum Gasteiger partial charge on any atom is -0.379 e. The van der Waals surface area contributed by atoms with Gasteiger partial charge in [-0.15, -0.1) is 0 Å². The van der Waals surface area contributed by atoms with E-state index in [9.17, 15) is 16.8 Å². The molecule has 0 bridgehead atoms. The summed E-state index contributed by atoms with van der Waals surface area (Å²) in [7, 11) is -7.38. The van der Waals surface area contributed by atoms with Gasteiger partial charge in [0.1, 0.15) is 0 Å². The zero-order valence-electron chi connectivity index (χ0n) is 15.0. The van der Waals surface area contributed by atoms with Crippen molar-refractivity contribution in [3.8, 4) is 0 Å². The Morgan fingerprint density at radius 3 is 2.04 bits per heavy atom. The number of rotatable bonds is 6. The second-order valence-electron chi connectivity index (χ2n) is 6.30. The fourth-order valence-corrected chi connectivity index (χ4v) is 5.12. The molecule has 1 fully saturated rings. The number of ether oxygens (including phenoxy) is 1. The van der Waals surface area contributed by atoms with Crippen LogP contribution >= 0.6 is 0 Å². The van der Waals surface area contributed by atoms with Crippen molar-refractivity contribution in [3.05, 3.63) is 59.7 Å². The summed E-state index contributed by atoms with van der Waals surface area (Å²) in [5.41, 5.74) is 1.94. The molecule has 2 aromatic rings. The maximum absolute atomic E-state index is 12.6. The van der Waals surface area contributed by atoms with Crippen molar-refractivity contribution in [2.45, 2.75) is 23.3 Å². The second kappa shape index (κ2) is 8.07. The summed E-state index contributed by atoms with van der Waals surface area (Å²) in [4.78, 5) is 0.0948. The Morgan fingerprint density at radius 1 is 0.889 bits per heavy atom. The van der Waals surface area contributed by atoms with Gasteiger partial charge in [-0.3, -0.25) is 0 Å². The highest BCUT2D eigenvalue weighted by Crippen LogP contribution is 2.19. The molecule has 0 aliphatic carbocycles. The smallest absolute Gasteiger partial charge is 0.243 e. The van der Waals surface area contributed by atoms with E-state index in [1.165, 1.54) is 28.6 Å². The number of aryl methyl sites for hydroxylation is 1. The third-order valence-corrected chi connectivity index (χ3v) is 7.66. The zero-order valence-corrected chi connectivity index (χ0v) is 16.6. The molecule has 1 aliphatic rings. The van der Waals surface area contributed by atoms with Gasteiger partial charge in [0.25, 0.3) is 0 Å². The first-order valence-electron chi connectivity index (χ1n) is 8.52. The third kappa shape index (κ3) is 4.74. The Bertz CT molecular complexity index is 979. The monoisotopic (exact) mass is 410 g/mol. The predicted molar refractivity (Wildman–Crippen MR) is 101 cm³/mol. The van der Waals surface area contributed by atoms with E-state index in [1.54, 1.807) is 0 Å². The normalized spacial score (nSPS) is 16.3. The molecule has 7 nitrogen and oxygen atoms in total. The minimum absolute atomic E-state index is 0.0236. The highest BCUT2D eigenvalue weighted by molar-refractivity contribution is 7.89. The summed E-state index contributed by atoms with van der Waals surface area (Å²) in [5.74, 6) is 0. The van der Waals surface area contributed by atoms with Crippen LogP contribution in [0.1, 0.15) is 11.1 Å². The highest BCUT2D eigenvalue weighted by atomic mass is 32.2. The van der Waals surface area contributed by atoms with Crippen molar-refractivity contribution < 1.29 is 21.6 Å². The molecule has 1 N–H and O–H groups in total. The van der Waals surface area contributed by atoms with Crippen LogP contribution < -0.4 is 4.72 Å². The van der Waals surface area contributed by atoms with Gasteiger partial charge in [0.2, 0.25) is 20.0 Å². The molecule has 2 aromatic carbocycles. The van der Waals surface area contributed by atoms with E-state index in [0.29, 0.717) is 26.3 Å². The fraction of sp³-hybridized carbons (Fsp3) is 0.333. The molecule has 0 spiro atoms. The molecule has 0 radical (unpaired) electrons. The Labute approximate surface area is 160 Å². The van der Waals surface area contributed by atoms with Gasteiger partial charge in [-0.1, -0.05) is 29.8 Å². The van der Waals surface area contributed by atoms with Crippen LogP contribution in [0.15, 0.2) is 58.3 Å². The minimum atomic E-state index is -3.73. The lowest BCUT2D eigenvalue weighted by molar-refractivity contribution is 0.0730. The number of sulfonamides is 2. The first kappa shape index (κ1) is 20.0. The number of hydrogen-bond acceptors (Lipinski definition) is 5. The molecule has 0 unspecified atom stereocenters. The molecule has 3 rings (SSSR count). The van der Waals surface area contributed by atoms with Crippen LogP contribution in [-0.4, -0.2) is 47.4 Å². The van der Waals surface area contributed by atoms with Crippen molar-refractivity contribution in [3.63, 3.8) is 0 Å². The standard InChI is InChI=1S/C18H22N2O5S2/c1-15-2-4-16(5-3-15)14-19-26(21,22)17-6-8-18(9-7-17)27(23,24)20-10-12-25-13-11-20/h2-9,19H,10-14H2,1H3. The zero-order chi connectivity index (χ0) is 19.5. The molecule has 27 heavy (non-hydrogen) atoms. The van der Waals surface area contributed by atoms with Crippen molar-refractivity contribution in [1.82, 2.24) is 9.03 Å². The number of nitrogens with one attached hydrogen (secondary N) is 1. The molecule has 1 aliphatic heterocycles. The van der Waals surface area contributed by atoms with Crippen molar-refractivity contribution in [2.24, 2.45) is 0 Å². The van der Waals surface area contributed by atoms with Crippen LogP contribution in [0.3, 0.4) is 0 Å². The van der Waals surface area contributed by atoms with E-state index in [1.807, 2.05) is 31.2 Å². The SMILES string of the molecule is Cc1ccc(CNS(=O)(=O)c2ccc(S(=O)(=O)N3CCOCC3)cc2)cc1. The maximum Gasteiger partial charge on any atom is 0.243 e. The first-order valence-corrected chi connectivity index (χ1v) is 11.4. The molecule has 1 saturated heterocycles. The fourth-order valence-electron chi connectivity index (χ4n) is 2.69. The molecule has 146 valence electrons. The summed E-state index contributed by atoms with van der Waals surface area (Å²) in [6, 6.07) is 12.8. The van der Waals surface area contributed by atoms with Gasteiger partial charge < -0.3 is 4.74 Å². The van der Waals surface area contributed by atoms with Crippen LogP contribution in [0.25, 0.3) is 0 Å². The Morgan fingerprint density at radius 2 is 1.44 bits per heavy atom. The molecule has 0 saturated carbocycles. The lowest BCUT2D eigenvalue weighted by Gasteiger charge is -2.26. The Balaban J connectivity index is 1.72. The molecule has 0 amide bonds. The van der Waals surface area contributed by atoms with Gasteiger partial charge in [0, 0.05) is 19.6 Å². The molecule has 1 heterocycles. The Hall–Kier alpha value is -1.78. The van der Waals surface area contributed by atoms with E-state index < -0.39 is 20.0 Å². The average molecular weight is 411 g/mol. The van der Waals surface area contributed by atoms with Crippen LogP contribution in [0.4, 0.5) is 0 Å². The van der Waals surface area contributed by atoms with Crippen LogP contribution in [0.2, 0.25) is 0 Å². The van der Waals surface area contributed by atoms with E-state index >= 15 is 0 Å². The van der Waals surface area contributed by atoms with E-state index in [-0.39, 0.29) is 16.3 Å². The highest BCUT2D eigenvalue weighted by Gasteiger charge is 2.26. The lowest BCUT2D eigenvalue weighted by atomic mass is 10.2. The molecule has 0 aromatic heterocycles. The summed E-state index contributed by atoms with van der Waals surface area (Å²) in [5, 5.41) is 0. The maximum atomic E-state index is 12.6. The molecular formula is C18H22N2O5S2. The average Bonchev–Trinajstić information content (AvgIpc) is 2.68. The molecular weight excluding hydrogens is 388 g/mol. The summed E-state index contributed by atoms with van der Waals surface area (Å²) in [6.45, 7) is 3.42. The lowest BCUT2D eigenvalue weighted by Crippen LogP contribution is -2.40. The van der Waals surface area contributed by atoms with Gasteiger partial charge in [-0.05, 0) is 36.8 Å². The second-order valence-corrected chi connectivity index (χ2v) is 10.0. The van der Waals surface area contributed by atoms with E-state index in [0.717, 1.165) is 11.1 Å². The van der Waals surface area contributed by atoms with Gasteiger partial charge in [-0.25, -0.2) is 21.6 Å². The van der Waals surface area contributed by atoms with Crippen LogP contribution in [0.5, 0.6) is 0 Å². The first-order chi connectivity index (χ1) is 12.8. The van der Waals surface area contributed by atoms with Crippen molar-refractivity contribution in [1.29, 1.82) is 0 Å². The molecule has 0 atom stereocenters. The van der Waals surface area contributed by atoms with Gasteiger partial charge in [0.05, 0.1) is 23.0 Å². The quantitative estimate of drug-likeness (QED) is 0.779. The van der Waals surface area contributed by atoms with Crippen LogP contribution in [-0.2, 0) is 31.3 Å². The van der Waals surface area contributed by atoms with E-state index in [2.05, 4.69) is 4.72 Å².